The summed E-state index contributed by atoms with van der Waals surface area (Å²) in [5, 5.41) is 6.76. The second kappa shape index (κ2) is 10.9. The van der Waals surface area contributed by atoms with Gasteiger partial charge >= 0.3 is 0 Å². The van der Waals surface area contributed by atoms with Crippen LogP contribution >= 0.6 is 0 Å². The maximum absolute atomic E-state index is 5.86. The van der Waals surface area contributed by atoms with Crippen LogP contribution in [0.15, 0.2) is 84.0 Å². The van der Waals surface area contributed by atoms with Gasteiger partial charge in [-0.2, -0.15) is 0 Å². The van der Waals surface area contributed by atoms with Gasteiger partial charge in [0.25, 0.3) is 0 Å². The van der Waals surface area contributed by atoms with Gasteiger partial charge in [0, 0.05) is 26.3 Å². The number of pyridine rings is 1. The molecule has 0 aliphatic rings. The van der Waals surface area contributed by atoms with E-state index in [0.717, 1.165) is 29.5 Å². The molecule has 0 fully saturated rings. The predicted molar refractivity (Wildman–Crippen MR) is 118 cm³/mol. The Morgan fingerprint density at radius 2 is 1.83 bits per heavy atom. The SMILES string of the molecule is CN=C(NCc1cccc(OCc2ccccn2)c1)NCC(C)c1ccccc1. The molecule has 0 radical (unpaired) electrons. The maximum Gasteiger partial charge on any atom is 0.191 e. The van der Waals surface area contributed by atoms with Gasteiger partial charge in [-0.25, -0.2) is 0 Å². The van der Waals surface area contributed by atoms with E-state index >= 15 is 0 Å². The number of benzene rings is 2. The Bertz CT molecular complexity index is 897. The summed E-state index contributed by atoms with van der Waals surface area (Å²) < 4.78 is 5.86. The predicted octanol–water partition coefficient (Wildman–Crippen LogP) is 4.13. The highest BCUT2D eigenvalue weighted by Crippen LogP contribution is 2.15. The molecule has 29 heavy (non-hydrogen) atoms. The van der Waals surface area contributed by atoms with Gasteiger partial charge in [-0.15, -0.1) is 0 Å². The van der Waals surface area contributed by atoms with Crippen molar-refractivity contribution in [2.45, 2.75) is 26.0 Å². The van der Waals surface area contributed by atoms with Crippen molar-refractivity contribution in [1.29, 1.82) is 0 Å². The summed E-state index contributed by atoms with van der Waals surface area (Å²) in [5.74, 6) is 2.02. The molecular formula is C24H28N4O. The lowest BCUT2D eigenvalue weighted by Crippen LogP contribution is -2.38. The van der Waals surface area contributed by atoms with Crippen molar-refractivity contribution in [3.8, 4) is 5.75 Å². The second-order valence-electron chi connectivity index (χ2n) is 6.88. The normalized spacial score (nSPS) is 12.3. The zero-order chi connectivity index (χ0) is 20.3. The average Bonchev–Trinajstić information content (AvgIpc) is 2.79. The fraction of sp³-hybridized carbons (Fsp3) is 0.250. The minimum atomic E-state index is 0.401. The summed E-state index contributed by atoms with van der Waals surface area (Å²) in [4.78, 5) is 8.60. The zero-order valence-corrected chi connectivity index (χ0v) is 17.0. The van der Waals surface area contributed by atoms with E-state index in [4.69, 9.17) is 4.74 Å². The number of hydrogen-bond acceptors (Lipinski definition) is 3. The summed E-state index contributed by atoms with van der Waals surface area (Å²) in [6.07, 6.45) is 1.77. The first-order valence-corrected chi connectivity index (χ1v) is 9.85. The van der Waals surface area contributed by atoms with E-state index in [-0.39, 0.29) is 0 Å². The van der Waals surface area contributed by atoms with Crippen LogP contribution in [0, 0.1) is 0 Å². The number of nitrogens with zero attached hydrogens (tertiary/aromatic N) is 2. The Labute approximate surface area is 172 Å². The van der Waals surface area contributed by atoms with Gasteiger partial charge in [-0.3, -0.25) is 9.98 Å². The molecule has 0 aliphatic carbocycles. The van der Waals surface area contributed by atoms with Gasteiger partial charge in [0.1, 0.15) is 12.4 Å². The van der Waals surface area contributed by atoms with Crippen LogP contribution in [0.4, 0.5) is 0 Å². The summed E-state index contributed by atoms with van der Waals surface area (Å²) in [7, 11) is 1.79. The third kappa shape index (κ3) is 6.64. The number of rotatable bonds is 8. The summed E-state index contributed by atoms with van der Waals surface area (Å²) >= 11 is 0. The number of aromatic nitrogens is 1. The average molecular weight is 389 g/mol. The van der Waals surface area contributed by atoms with Crippen LogP contribution in [0.1, 0.15) is 29.7 Å². The van der Waals surface area contributed by atoms with Gasteiger partial charge in [0.2, 0.25) is 0 Å². The molecule has 5 heteroatoms. The van der Waals surface area contributed by atoms with Crippen molar-refractivity contribution in [2.24, 2.45) is 4.99 Å². The molecule has 2 N–H and O–H groups in total. The van der Waals surface area contributed by atoms with E-state index in [2.05, 4.69) is 57.9 Å². The van der Waals surface area contributed by atoms with E-state index in [1.165, 1.54) is 5.56 Å². The van der Waals surface area contributed by atoms with Crippen LogP contribution in [-0.2, 0) is 13.2 Å². The van der Waals surface area contributed by atoms with Crippen molar-refractivity contribution in [1.82, 2.24) is 15.6 Å². The summed E-state index contributed by atoms with van der Waals surface area (Å²) in [6, 6.07) is 24.4. The number of aliphatic imine (C=N–C) groups is 1. The number of ether oxygens (including phenoxy) is 1. The fourth-order valence-corrected chi connectivity index (χ4v) is 2.94. The summed E-state index contributed by atoms with van der Waals surface area (Å²) in [6.45, 7) is 4.15. The summed E-state index contributed by atoms with van der Waals surface area (Å²) in [5.41, 5.74) is 3.35. The molecule has 2 aromatic carbocycles. The van der Waals surface area contributed by atoms with Crippen LogP contribution in [0.2, 0.25) is 0 Å². The minimum absolute atomic E-state index is 0.401. The number of hydrogen-bond donors (Lipinski definition) is 2. The molecule has 1 aromatic heterocycles. The van der Waals surface area contributed by atoms with Crippen LogP contribution in [0.25, 0.3) is 0 Å². The molecule has 0 spiro atoms. The van der Waals surface area contributed by atoms with Crippen LogP contribution in [0.5, 0.6) is 5.75 Å². The third-order valence-electron chi connectivity index (χ3n) is 4.64. The van der Waals surface area contributed by atoms with Crippen LogP contribution in [0.3, 0.4) is 0 Å². The van der Waals surface area contributed by atoms with E-state index in [9.17, 15) is 0 Å². The van der Waals surface area contributed by atoms with Crippen molar-refractivity contribution in [3.05, 3.63) is 95.8 Å². The smallest absolute Gasteiger partial charge is 0.191 e. The highest BCUT2D eigenvalue weighted by Gasteiger charge is 2.06. The molecule has 0 amide bonds. The standard InChI is InChI=1S/C24H28N4O/c1-19(21-10-4-3-5-11-21)16-27-24(25-2)28-17-20-9-8-13-23(15-20)29-18-22-12-6-7-14-26-22/h3-15,19H,16-18H2,1-2H3,(H2,25,27,28). The van der Waals surface area contributed by atoms with Crippen LogP contribution in [-0.4, -0.2) is 24.5 Å². The molecule has 0 bridgehead atoms. The molecule has 0 saturated heterocycles. The zero-order valence-electron chi connectivity index (χ0n) is 17.0. The Hall–Kier alpha value is -3.34. The van der Waals surface area contributed by atoms with Gasteiger partial charge in [0.15, 0.2) is 5.96 Å². The van der Waals surface area contributed by atoms with Crippen molar-refractivity contribution in [2.75, 3.05) is 13.6 Å². The molecule has 0 saturated carbocycles. The monoisotopic (exact) mass is 388 g/mol. The van der Waals surface area contributed by atoms with E-state index < -0.39 is 0 Å². The maximum atomic E-state index is 5.86. The van der Waals surface area contributed by atoms with Gasteiger partial charge in [-0.1, -0.05) is 55.5 Å². The Kier molecular flexibility index (Phi) is 7.63. The van der Waals surface area contributed by atoms with E-state index in [0.29, 0.717) is 19.1 Å². The highest BCUT2D eigenvalue weighted by atomic mass is 16.5. The number of nitrogens with one attached hydrogen (secondary N) is 2. The Morgan fingerprint density at radius 1 is 1.00 bits per heavy atom. The Morgan fingerprint density at radius 3 is 2.59 bits per heavy atom. The van der Waals surface area contributed by atoms with Crippen molar-refractivity contribution >= 4 is 5.96 Å². The first-order valence-electron chi connectivity index (χ1n) is 9.85. The lowest BCUT2D eigenvalue weighted by Gasteiger charge is -2.16. The lowest BCUT2D eigenvalue weighted by atomic mass is 10.0. The quantitative estimate of drug-likeness (QED) is 0.450. The topological polar surface area (TPSA) is 58.5 Å². The lowest BCUT2D eigenvalue weighted by molar-refractivity contribution is 0.301. The molecule has 1 atom stereocenters. The molecule has 1 heterocycles. The van der Waals surface area contributed by atoms with Crippen molar-refractivity contribution < 1.29 is 4.74 Å². The van der Waals surface area contributed by atoms with Crippen LogP contribution < -0.4 is 15.4 Å². The van der Waals surface area contributed by atoms with Crippen molar-refractivity contribution in [3.63, 3.8) is 0 Å². The first-order chi connectivity index (χ1) is 14.2. The second-order valence-corrected chi connectivity index (χ2v) is 6.88. The highest BCUT2D eigenvalue weighted by molar-refractivity contribution is 5.79. The minimum Gasteiger partial charge on any atom is -0.487 e. The van der Waals surface area contributed by atoms with Gasteiger partial charge < -0.3 is 15.4 Å². The van der Waals surface area contributed by atoms with E-state index in [1.54, 1.807) is 13.2 Å². The van der Waals surface area contributed by atoms with Gasteiger partial charge in [-0.05, 0) is 41.3 Å². The first kappa shape index (κ1) is 20.4. The van der Waals surface area contributed by atoms with Gasteiger partial charge in [0.05, 0.1) is 5.69 Å². The third-order valence-corrected chi connectivity index (χ3v) is 4.64. The molecule has 150 valence electrons. The largest absolute Gasteiger partial charge is 0.487 e. The molecule has 3 rings (SSSR count). The number of guanidine groups is 1. The molecule has 5 nitrogen and oxygen atoms in total. The molecule has 3 aromatic rings. The Balaban J connectivity index is 1.48. The van der Waals surface area contributed by atoms with E-state index in [1.807, 2.05) is 42.5 Å². The molecule has 0 aliphatic heterocycles. The fourth-order valence-electron chi connectivity index (χ4n) is 2.94. The molecule has 1 unspecified atom stereocenters. The molecular weight excluding hydrogens is 360 g/mol.